The number of ether oxygens (including phenoxy) is 1. The zero-order chi connectivity index (χ0) is 8.36. The molecular formula is C4H3BrF2O3. The fourth-order valence-electron chi connectivity index (χ4n) is 0.188. The Balaban J connectivity index is 3.99. The third-order valence-electron chi connectivity index (χ3n) is 0.468. The minimum Gasteiger partial charge on any atom is -0.388 e. The Morgan fingerprint density at radius 3 is 2.00 bits per heavy atom. The van der Waals surface area contributed by atoms with Crippen LogP contribution in [0.3, 0.4) is 0 Å². The second-order valence-electron chi connectivity index (χ2n) is 1.38. The van der Waals surface area contributed by atoms with E-state index in [9.17, 15) is 18.4 Å². The van der Waals surface area contributed by atoms with Crippen LogP contribution in [0.1, 0.15) is 6.92 Å². The molecule has 0 fully saturated rings. The third-order valence-corrected chi connectivity index (χ3v) is 0.792. The number of carbonyl (C=O) groups excluding carboxylic acids is 2. The van der Waals surface area contributed by atoms with E-state index in [1.165, 1.54) is 0 Å². The first-order valence-corrected chi connectivity index (χ1v) is 2.93. The van der Waals surface area contributed by atoms with Crippen molar-refractivity contribution in [3.8, 4) is 0 Å². The van der Waals surface area contributed by atoms with Gasteiger partial charge in [0.15, 0.2) is 0 Å². The lowest BCUT2D eigenvalue weighted by Gasteiger charge is -2.03. The second-order valence-corrected chi connectivity index (χ2v) is 2.37. The molecule has 0 aromatic heterocycles. The van der Waals surface area contributed by atoms with Crippen molar-refractivity contribution in [1.82, 2.24) is 0 Å². The Morgan fingerprint density at radius 2 is 1.90 bits per heavy atom. The predicted molar refractivity (Wildman–Crippen MR) is 30.6 cm³/mol. The first-order valence-electron chi connectivity index (χ1n) is 2.13. The summed E-state index contributed by atoms with van der Waals surface area (Å²) < 4.78 is 27.1. The minimum absolute atomic E-state index is 0.858. The van der Waals surface area contributed by atoms with Gasteiger partial charge in [-0.05, 0) is 0 Å². The number of rotatable bonds is 1. The van der Waals surface area contributed by atoms with Crippen molar-refractivity contribution in [1.29, 1.82) is 0 Å². The summed E-state index contributed by atoms with van der Waals surface area (Å²) in [6.45, 7) is 0.858. The van der Waals surface area contributed by atoms with E-state index in [0.717, 1.165) is 6.92 Å². The molecule has 0 aliphatic carbocycles. The molecule has 0 atom stereocenters. The highest BCUT2D eigenvalue weighted by Gasteiger charge is 2.37. The maximum absolute atomic E-state index is 11.8. The molecule has 0 saturated carbocycles. The summed E-state index contributed by atoms with van der Waals surface area (Å²) in [5.41, 5.74) is 0. The SMILES string of the molecule is CC(=O)OC(=O)C(F)(F)Br. The molecular weight excluding hydrogens is 214 g/mol. The van der Waals surface area contributed by atoms with E-state index >= 15 is 0 Å². The number of carbonyl (C=O) groups is 2. The summed E-state index contributed by atoms with van der Waals surface area (Å²) in [4.78, 5) is 16.2. The van der Waals surface area contributed by atoms with Crippen LogP contribution in [-0.2, 0) is 14.3 Å². The van der Waals surface area contributed by atoms with E-state index < -0.39 is 16.8 Å². The topological polar surface area (TPSA) is 43.4 Å². The molecule has 0 heterocycles. The molecule has 0 aromatic carbocycles. The van der Waals surface area contributed by atoms with Crippen LogP contribution in [0.4, 0.5) is 8.78 Å². The molecule has 0 unspecified atom stereocenters. The van der Waals surface area contributed by atoms with Gasteiger partial charge in [0.1, 0.15) is 0 Å². The normalized spacial score (nSPS) is 10.8. The predicted octanol–water partition coefficient (Wildman–Crippen LogP) is 1.06. The van der Waals surface area contributed by atoms with Gasteiger partial charge in [0, 0.05) is 22.9 Å². The van der Waals surface area contributed by atoms with Crippen molar-refractivity contribution in [2.24, 2.45) is 0 Å². The van der Waals surface area contributed by atoms with Gasteiger partial charge in [0.05, 0.1) is 0 Å². The standard InChI is InChI=1S/C4H3BrF2O3/c1-2(8)10-3(9)4(5,6)7/h1H3. The molecule has 0 aromatic rings. The van der Waals surface area contributed by atoms with Crippen LogP contribution in [0.25, 0.3) is 0 Å². The van der Waals surface area contributed by atoms with Gasteiger partial charge in [0.2, 0.25) is 0 Å². The molecule has 6 heteroatoms. The van der Waals surface area contributed by atoms with Crippen LogP contribution in [-0.4, -0.2) is 16.8 Å². The molecule has 0 saturated heterocycles. The lowest BCUT2D eigenvalue weighted by atomic mass is 10.7. The second kappa shape index (κ2) is 3.05. The first kappa shape index (κ1) is 9.48. The van der Waals surface area contributed by atoms with Crippen molar-refractivity contribution in [3.05, 3.63) is 0 Å². The zero-order valence-corrected chi connectivity index (χ0v) is 6.44. The number of alkyl halides is 3. The van der Waals surface area contributed by atoms with Gasteiger partial charge in [-0.3, -0.25) is 4.79 Å². The maximum atomic E-state index is 11.8. The van der Waals surface area contributed by atoms with E-state index in [0.29, 0.717) is 0 Å². The maximum Gasteiger partial charge on any atom is 0.396 e. The highest BCUT2D eigenvalue weighted by atomic mass is 79.9. The summed E-state index contributed by atoms with van der Waals surface area (Å²) in [7, 11) is 0. The molecule has 0 aliphatic heterocycles. The zero-order valence-electron chi connectivity index (χ0n) is 4.86. The van der Waals surface area contributed by atoms with Crippen LogP contribution in [0.2, 0.25) is 0 Å². The number of esters is 2. The van der Waals surface area contributed by atoms with Crippen molar-refractivity contribution in [3.63, 3.8) is 0 Å². The highest BCUT2D eigenvalue weighted by molar-refractivity contribution is 9.10. The highest BCUT2D eigenvalue weighted by Crippen LogP contribution is 2.22. The third kappa shape index (κ3) is 3.49. The Bertz CT molecular complexity index is 162. The van der Waals surface area contributed by atoms with Gasteiger partial charge in [0.25, 0.3) is 0 Å². The van der Waals surface area contributed by atoms with Crippen LogP contribution >= 0.6 is 15.9 Å². The van der Waals surface area contributed by atoms with Gasteiger partial charge in [-0.25, -0.2) is 4.79 Å². The smallest absolute Gasteiger partial charge is 0.388 e. The molecule has 0 radical (unpaired) electrons. The fraction of sp³-hybridized carbons (Fsp3) is 0.500. The molecule has 3 nitrogen and oxygen atoms in total. The van der Waals surface area contributed by atoms with E-state index in [1.807, 2.05) is 0 Å². The van der Waals surface area contributed by atoms with E-state index in [1.54, 1.807) is 15.9 Å². The average molecular weight is 217 g/mol. The molecule has 0 aliphatic rings. The lowest BCUT2D eigenvalue weighted by molar-refractivity contribution is -0.168. The van der Waals surface area contributed by atoms with Gasteiger partial charge >= 0.3 is 16.8 Å². The van der Waals surface area contributed by atoms with Crippen molar-refractivity contribution < 1.29 is 23.1 Å². The monoisotopic (exact) mass is 216 g/mol. The van der Waals surface area contributed by atoms with E-state index in [-0.39, 0.29) is 0 Å². The summed E-state index contributed by atoms with van der Waals surface area (Å²) in [5.74, 6) is -2.97. The van der Waals surface area contributed by atoms with Gasteiger partial charge in [-0.1, -0.05) is 0 Å². The lowest BCUT2D eigenvalue weighted by Crippen LogP contribution is -2.25. The van der Waals surface area contributed by atoms with Crippen LogP contribution in [0.15, 0.2) is 0 Å². The number of halogens is 3. The van der Waals surface area contributed by atoms with Crippen LogP contribution in [0.5, 0.6) is 0 Å². The first-order chi connectivity index (χ1) is 4.34. The molecule has 0 rings (SSSR count). The molecule has 0 bridgehead atoms. The van der Waals surface area contributed by atoms with Crippen LogP contribution < -0.4 is 0 Å². The van der Waals surface area contributed by atoms with Crippen molar-refractivity contribution >= 4 is 27.9 Å². The Kier molecular flexibility index (Phi) is 2.89. The van der Waals surface area contributed by atoms with Crippen LogP contribution in [0, 0.1) is 0 Å². The molecule has 58 valence electrons. The van der Waals surface area contributed by atoms with Gasteiger partial charge in [-0.15, -0.1) is 0 Å². The fourth-order valence-corrected chi connectivity index (χ4v) is 0.269. The molecule has 0 spiro atoms. The van der Waals surface area contributed by atoms with Gasteiger partial charge < -0.3 is 4.74 Å². The van der Waals surface area contributed by atoms with Crippen molar-refractivity contribution in [2.75, 3.05) is 0 Å². The number of hydrogen-bond acceptors (Lipinski definition) is 3. The Labute approximate surface area is 63.5 Å². The summed E-state index contributed by atoms with van der Waals surface area (Å²) in [6.07, 6.45) is 0. The Morgan fingerprint density at radius 1 is 1.50 bits per heavy atom. The van der Waals surface area contributed by atoms with E-state index in [2.05, 4.69) is 4.74 Å². The summed E-state index contributed by atoms with van der Waals surface area (Å²) >= 11 is 1.71. The largest absolute Gasteiger partial charge is 0.396 e. The van der Waals surface area contributed by atoms with Crippen molar-refractivity contribution in [2.45, 2.75) is 11.8 Å². The minimum atomic E-state index is -3.78. The Hall–Kier alpha value is -0.520. The summed E-state index contributed by atoms with van der Waals surface area (Å²) in [5, 5.41) is 0. The average Bonchev–Trinajstić information content (AvgIpc) is 1.60. The molecule has 0 amide bonds. The number of hydrogen-bond donors (Lipinski definition) is 0. The summed E-state index contributed by atoms with van der Waals surface area (Å²) in [6, 6.07) is 0. The van der Waals surface area contributed by atoms with Gasteiger partial charge in [-0.2, -0.15) is 8.78 Å². The quantitative estimate of drug-likeness (QED) is 0.374. The molecule has 10 heavy (non-hydrogen) atoms. The van der Waals surface area contributed by atoms with E-state index in [4.69, 9.17) is 0 Å². The molecule has 0 N–H and O–H groups in total.